The number of halogens is 2. The van der Waals surface area contributed by atoms with Gasteiger partial charge in [0.05, 0.1) is 17.1 Å². The van der Waals surface area contributed by atoms with Gasteiger partial charge in [0.25, 0.3) is 0 Å². The maximum absolute atomic E-state index is 13.5. The van der Waals surface area contributed by atoms with E-state index in [0.717, 1.165) is 12.3 Å². The van der Waals surface area contributed by atoms with E-state index in [9.17, 15) is 17.6 Å². The van der Waals surface area contributed by atoms with E-state index < -0.39 is 21.6 Å². The molecule has 0 aliphatic heterocycles. The first kappa shape index (κ1) is 17.2. The van der Waals surface area contributed by atoms with Gasteiger partial charge in [0, 0.05) is 17.0 Å². The molecule has 0 radical (unpaired) electrons. The Bertz CT molecular complexity index is 823. The average Bonchev–Trinajstić information content (AvgIpc) is 2.46. The maximum Gasteiger partial charge on any atom is 0.243 e. The third kappa shape index (κ3) is 4.94. The zero-order valence-corrected chi connectivity index (χ0v) is 13.7. The normalized spacial score (nSPS) is 11.1. The molecule has 0 saturated heterocycles. The lowest BCUT2D eigenvalue weighted by molar-refractivity contribution is -0.114. The van der Waals surface area contributed by atoms with Gasteiger partial charge in [0.2, 0.25) is 5.91 Å². The second-order valence-corrected chi connectivity index (χ2v) is 7.27. The molecule has 2 aromatic carbocycles. The highest BCUT2D eigenvalue weighted by molar-refractivity contribution is 7.90. The van der Waals surface area contributed by atoms with Crippen molar-refractivity contribution >= 4 is 38.7 Å². The minimum Gasteiger partial charge on any atom is -0.374 e. The molecule has 0 spiro atoms. The molecule has 0 aliphatic carbocycles. The highest BCUT2D eigenvalue weighted by Gasteiger charge is 2.08. The summed E-state index contributed by atoms with van der Waals surface area (Å²) in [6.07, 6.45) is 1.10. The highest BCUT2D eigenvalue weighted by atomic mass is 35.5. The van der Waals surface area contributed by atoms with E-state index in [2.05, 4.69) is 10.6 Å². The molecule has 1 amide bonds. The van der Waals surface area contributed by atoms with E-state index in [1.807, 2.05) is 0 Å². The van der Waals surface area contributed by atoms with Crippen LogP contribution in [0, 0.1) is 5.82 Å². The van der Waals surface area contributed by atoms with Gasteiger partial charge in [-0.15, -0.1) is 0 Å². The molecule has 2 aromatic rings. The summed E-state index contributed by atoms with van der Waals surface area (Å²) in [5.41, 5.74) is 0.609. The van der Waals surface area contributed by atoms with Crippen LogP contribution in [0.1, 0.15) is 0 Å². The summed E-state index contributed by atoms with van der Waals surface area (Å²) in [5, 5.41) is 5.50. The van der Waals surface area contributed by atoms with Crippen molar-refractivity contribution in [2.24, 2.45) is 0 Å². The van der Waals surface area contributed by atoms with Crippen molar-refractivity contribution in [3.8, 4) is 0 Å². The number of carbonyl (C=O) groups excluding carboxylic acids is 1. The van der Waals surface area contributed by atoms with Gasteiger partial charge >= 0.3 is 0 Å². The summed E-state index contributed by atoms with van der Waals surface area (Å²) in [6, 6.07) is 9.86. The lowest BCUT2D eigenvalue weighted by Gasteiger charge is -2.09. The number of carbonyl (C=O) groups is 1. The third-order valence-electron chi connectivity index (χ3n) is 2.94. The highest BCUT2D eigenvalue weighted by Crippen LogP contribution is 2.18. The number of sulfone groups is 1. The molecule has 122 valence electrons. The first-order chi connectivity index (χ1) is 10.8. The quantitative estimate of drug-likeness (QED) is 0.863. The molecule has 8 heteroatoms. The van der Waals surface area contributed by atoms with E-state index in [1.165, 1.54) is 36.4 Å². The van der Waals surface area contributed by atoms with Gasteiger partial charge in [0.15, 0.2) is 9.84 Å². The van der Waals surface area contributed by atoms with Crippen LogP contribution in [0.25, 0.3) is 0 Å². The molecule has 0 unspecified atom stereocenters. The van der Waals surface area contributed by atoms with Gasteiger partial charge in [0.1, 0.15) is 5.82 Å². The van der Waals surface area contributed by atoms with E-state index in [0.29, 0.717) is 5.69 Å². The van der Waals surface area contributed by atoms with Crippen molar-refractivity contribution in [3.63, 3.8) is 0 Å². The molecule has 0 heterocycles. The molecule has 0 aromatic heterocycles. The zero-order chi connectivity index (χ0) is 17.0. The van der Waals surface area contributed by atoms with E-state index in [1.54, 1.807) is 0 Å². The van der Waals surface area contributed by atoms with Gasteiger partial charge in [-0.2, -0.15) is 0 Å². The van der Waals surface area contributed by atoms with E-state index in [-0.39, 0.29) is 22.2 Å². The molecule has 0 atom stereocenters. The number of hydrogen-bond donors (Lipinski definition) is 2. The van der Waals surface area contributed by atoms with Crippen LogP contribution < -0.4 is 10.6 Å². The Morgan fingerprint density at radius 2 is 1.83 bits per heavy atom. The van der Waals surface area contributed by atoms with E-state index in [4.69, 9.17) is 11.6 Å². The predicted molar refractivity (Wildman–Crippen MR) is 88.1 cm³/mol. The molecular formula is C15H14ClFN2O3S. The third-order valence-corrected chi connectivity index (χ3v) is 4.30. The average molecular weight is 357 g/mol. The second-order valence-electron chi connectivity index (χ2n) is 4.82. The van der Waals surface area contributed by atoms with Gasteiger partial charge in [-0.3, -0.25) is 4.79 Å². The fourth-order valence-corrected chi connectivity index (χ4v) is 2.59. The van der Waals surface area contributed by atoms with Crippen molar-refractivity contribution in [2.45, 2.75) is 4.90 Å². The van der Waals surface area contributed by atoms with Gasteiger partial charge in [-0.05, 0) is 42.5 Å². The molecule has 0 fully saturated rings. The second kappa shape index (κ2) is 6.97. The molecule has 0 saturated carbocycles. The minimum atomic E-state index is -3.28. The Balaban J connectivity index is 1.94. The molecule has 2 rings (SSSR count). The van der Waals surface area contributed by atoms with Crippen LogP contribution in [-0.2, 0) is 14.6 Å². The van der Waals surface area contributed by atoms with Crippen LogP contribution in [0.5, 0.6) is 0 Å². The fourth-order valence-electron chi connectivity index (χ4n) is 1.80. The number of rotatable bonds is 5. The molecule has 0 aliphatic rings. The van der Waals surface area contributed by atoms with Crippen molar-refractivity contribution in [3.05, 3.63) is 53.3 Å². The Kier molecular flexibility index (Phi) is 5.23. The minimum absolute atomic E-state index is 0.146. The molecule has 23 heavy (non-hydrogen) atoms. The molecule has 0 bridgehead atoms. The Morgan fingerprint density at radius 3 is 2.39 bits per heavy atom. The van der Waals surface area contributed by atoms with Crippen molar-refractivity contribution < 1.29 is 17.6 Å². The molecule has 2 N–H and O–H groups in total. The number of anilines is 2. The van der Waals surface area contributed by atoms with Crippen LogP contribution in [0.4, 0.5) is 15.8 Å². The van der Waals surface area contributed by atoms with Crippen LogP contribution in [0.2, 0.25) is 5.02 Å². The first-order valence-corrected chi connectivity index (χ1v) is 8.81. The summed E-state index contributed by atoms with van der Waals surface area (Å²) in [6.45, 7) is -0.146. The van der Waals surface area contributed by atoms with Gasteiger partial charge in [-0.1, -0.05) is 11.6 Å². The maximum atomic E-state index is 13.5. The standard InChI is InChI=1S/C15H14ClFN2O3S/c1-23(21,22)12-5-3-11(4-6-12)19-15(20)9-18-14-7-2-10(16)8-13(14)17/h2-8,18H,9H2,1H3,(H,19,20). The topological polar surface area (TPSA) is 75.3 Å². The smallest absolute Gasteiger partial charge is 0.243 e. The van der Waals surface area contributed by atoms with E-state index >= 15 is 0 Å². The van der Waals surface area contributed by atoms with Crippen LogP contribution in [-0.4, -0.2) is 27.1 Å². The number of benzene rings is 2. The Morgan fingerprint density at radius 1 is 1.17 bits per heavy atom. The Hall–Kier alpha value is -2.12. The first-order valence-electron chi connectivity index (χ1n) is 6.54. The van der Waals surface area contributed by atoms with Crippen LogP contribution in [0.3, 0.4) is 0 Å². The molecular weight excluding hydrogens is 343 g/mol. The van der Waals surface area contributed by atoms with Crippen molar-refractivity contribution in [1.82, 2.24) is 0 Å². The fraction of sp³-hybridized carbons (Fsp3) is 0.133. The lowest BCUT2D eigenvalue weighted by Crippen LogP contribution is -2.22. The number of nitrogens with one attached hydrogen (secondary N) is 2. The zero-order valence-electron chi connectivity index (χ0n) is 12.1. The van der Waals surface area contributed by atoms with Gasteiger partial charge in [-0.25, -0.2) is 12.8 Å². The van der Waals surface area contributed by atoms with Crippen molar-refractivity contribution in [1.29, 1.82) is 0 Å². The summed E-state index contributed by atoms with van der Waals surface area (Å²) in [4.78, 5) is 12.0. The van der Waals surface area contributed by atoms with Crippen molar-refractivity contribution in [2.75, 3.05) is 23.4 Å². The van der Waals surface area contributed by atoms with Gasteiger partial charge < -0.3 is 10.6 Å². The number of hydrogen-bond acceptors (Lipinski definition) is 4. The molecule has 5 nitrogen and oxygen atoms in total. The summed E-state index contributed by atoms with van der Waals surface area (Å²) < 4.78 is 36.2. The predicted octanol–water partition coefficient (Wildman–Crippen LogP) is 2.93. The lowest BCUT2D eigenvalue weighted by atomic mass is 10.3. The largest absolute Gasteiger partial charge is 0.374 e. The summed E-state index contributed by atoms with van der Waals surface area (Å²) in [5.74, 6) is -0.950. The summed E-state index contributed by atoms with van der Waals surface area (Å²) in [7, 11) is -3.28. The number of amides is 1. The monoisotopic (exact) mass is 356 g/mol. The Labute approximate surface area is 138 Å². The van der Waals surface area contributed by atoms with Crippen LogP contribution >= 0.6 is 11.6 Å². The SMILES string of the molecule is CS(=O)(=O)c1ccc(NC(=O)CNc2ccc(Cl)cc2F)cc1. The van der Waals surface area contributed by atoms with Crippen LogP contribution in [0.15, 0.2) is 47.4 Å². The summed E-state index contributed by atoms with van der Waals surface area (Å²) >= 11 is 5.64.